The lowest BCUT2D eigenvalue weighted by molar-refractivity contribution is -0.186. The maximum Gasteiger partial charge on any atom is 0.138 e. The molecule has 4 nitrogen and oxygen atoms in total. The van der Waals surface area contributed by atoms with Gasteiger partial charge in [0.05, 0.1) is 18.3 Å². The average molecular weight is 459 g/mol. The van der Waals surface area contributed by atoms with Crippen LogP contribution in [0.2, 0.25) is 0 Å². The zero-order valence-electron chi connectivity index (χ0n) is 21.7. The molecule has 1 saturated heterocycles. The lowest BCUT2D eigenvalue weighted by Crippen LogP contribution is -2.56. The Morgan fingerprint density at radius 3 is 2.39 bits per heavy atom. The van der Waals surface area contributed by atoms with Gasteiger partial charge in [-0.3, -0.25) is 4.79 Å². The predicted molar refractivity (Wildman–Crippen MR) is 130 cm³/mol. The predicted octanol–water partition coefficient (Wildman–Crippen LogP) is 5.31. The maximum atomic E-state index is 12.8. The van der Waals surface area contributed by atoms with Gasteiger partial charge in [0.2, 0.25) is 0 Å². The highest BCUT2D eigenvalue weighted by Crippen LogP contribution is 2.68. The zero-order valence-corrected chi connectivity index (χ0v) is 21.7. The molecule has 4 aliphatic carbocycles. The first-order chi connectivity index (χ1) is 15.3. The molecule has 1 aliphatic heterocycles. The Labute approximate surface area is 200 Å². The molecule has 186 valence electrons. The van der Waals surface area contributed by atoms with Crippen molar-refractivity contribution in [3.63, 3.8) is 0 Å². The van der Waals surface area contributed by atoms with Crippen molar-refractivity contribution in [3.05, 3.63) is 11.6 Å². The molecule has 2 N–H and O–H groups in total. The topological polar surface area (TPSA) is 66.8 Å². The van der Waals surface area contributed by atoms with Crippen LogP contribution in [0.3, 0.4) is 0 Å². The maximum absolute atomic E-state index is 12.8. The summed E-state index contributed by atoms with van der Waals surface area (Å²) in [6, 6.07) is 0. The summed E-state index contributed by atoms with van der Waals surface area (Å²) < 4.78 is 6.08. The highest BCUT2D eigenvalue weighted by atomic mass is 16.5. The summed E-state index contributed by atoms with van der Waals surface area (Å²) >= 11 is 0. The summed E-state index contributed by atoms with van der Waals surface area (Å²) in [5.41, 5.74) is 0.993. The lowest BCUT2D eigenvalue weighted by Gasteiger charge is -2.60. The van der Waals surface area contributed by atoms with Gasteiger partial charge in [-0.2, -0.15) is 0 Å². The molecule has 9 atom stereocenters. The molecule has 3 saturated carbocycles. The number of aliphatic hydroxyl groups is 2. The van der Waals surface area contributed by atoms with Crippen LogP contribution in [-0.2, 0) is 9.53 Å². The van der Waals surface area contributed by atoms with Gasteiger partial charge in [0.25, 0.3) is 0 Å². The quantitative estimate of drug-likeness (QED) is 0.551. The van der Waals surface area contributed by atoms with Gasteiger partial charge in [0.15, 0.2) is 0 Å². The van der Waals surface area contributed by atoms with Crippen LogP contribution < -0.4 is 0 Å². The van der Waals surface area contributed by atoms with Gasteiger partial charge >= 0.3 is 0 Å². The SMILES string of the molecule is CC(C)(O)C1OCC(C2CCC3C4=CCC5C(C)(C)C(=O)CCC5(C)C4CCC32C)CC1O. The van der Waals surface area contributed by atoms with Crippen LogP contribution in [0, 0.1) is 45.8 Å². The van der Waals surface area contributed by atoms with E-state index in [0.29, 0.717) is 42.0 Å². The fourth-order valence-corrected chi connectivity index (χ4v) is 9.73. The zero-order chi connectivity index (χ0) is 24.0. The van der Waals surface area contributed by atoms with E-state index in [1.54, 1.807) is 19.4 Å². The number of hydrogen-bond donors (Lipinski definition) is 2. The fraction of sp³-hybridized carbons (Fsp3) is 0.897. The van der Waals surface area contributed by atoms with Crippen LogP contribution in [0.15, 0.2) is 11.6 Å². The van der Waals surface area contributed by atoms with Crippen LogP contribution in [0.4, 0.5) is 0 Å². The van der Waals surface area contributed by atoms with Gasteiger partial charge in [0, 0.05) is 11.8 Å². The van der Waals surface area contributed by atoms with Gasteiger partial charge in [0.1, 0.15) is 11.9 Å². The molecule has 5 rings (SSSR count). The van der Waals surface area contributed by atoms with Crippen molar-refractivity contribution in [2.24, 2.45) is 45.8 Å². The lowest BCUT2D eigenvalue weighted by atomic mass is 9.44. The van der Waals surface area contributed by atoms with Crippen LogP contribution >= 0.6 is 0 Å². The first-order valence-corrected chi connectivity index (χ1v) is 13.6. The van der Waals surface area contributed by atoms with Crippen molar-refractivity contribution < 1.29 is 19.7 Å². The van der Waals surface area contributed by atoms with E-state index >= 15 is 0 Å². The minimum Gasteiger partial charge on any atom is -0.390 e. The van der Waals surface area contributed by atoms with Crippen molar-refractivity contribution in [2.45, 2.75) is 111 Å². The number of Topliss-reactive ketones (excluding diaryl/α,β-unsaturated/α-hetero) is 1. The van der Waals surface area contributed by atoms with Crippen LogP contribution in [0.5, 0.6) is 0 Å². The summed E-state index contributed by atoms with van der Waals surface area (Å²) in [4.78, 5) is 12.8. The standard InChI is InChI=1S/C29H46O4/c1-26(2)23-10-7-18-20-9-8-19(17-15-22(30)25(33-16-17)27(3,4)32)28(20,5)13-11-21(18)29(23,6)14-12-24(26)31/h7,17,19-23,25,30,32H,8-16H2,1-6H3. The second kappa shape index (κ2) is 7.64. The molecule has 0 aromatic heterocycles. The Hall–Kier alpha value is -0.710. The molecular weight excluding hydrogens is 412 g/mol. The van der Waals surface area contributed by atoms with E-state index in [-0.39, 0.29) is 16.2 Å². The Balaban J connectivity index is 1.38. The highest BCUT2D eigenvalue weighted by molar-refractivity contribution is 5.85. The number of allylic oxidation sites excluding steroid dienone is 2. The van der Waals surface area contributed by atoms with Crippen molar-refractivity contribution in [1.82, 2.24) is 0 Å². The van der Waals surface area contributed by atoms with E-state index in [0.717, 1.165) is 25.7 Å². The molecule has 0 amide bonds. The molecule has 0 spiro atoms. The van der Waals surface area contributed by atoms with Gasteiger partial charge in [-0.15, -0.1) is 0 Å². The number of ketones is 1. The number of carbonyl (C=O) groups excluding carboxylic acids is 1. The van der Waals surface area contributed by atoms with Crippen molar-refractivity contribution in [3.8, 4) is 0 Å². The number of ether oxygens (including phenoxy) is 1. The smallest absolute Gasteiger partial charge is 0.138 e. The Morgan fingerprint density at radius 1 is 1.03 bits per heavy atom. The van der Waals surface area contributed by atoms with E-state index in [9.17, 15) is 15.0 Å². The van der Waals surface area contributed by atoms with Gasteiger partial charge in [-0.05, 0) is 99.2 Å². The van der Waals surface area contributed by atoms with Crippen molar-refractivity contribution in [2.75, 3.05) is 6.61 Å². The highest BCUT2D eigenvalue weighted by Gasteiger charge is 2.61. The van der Waals surface area contributed by atoms with Crippen LogP contribution in [0.25, 0.3) is 0 Å². The first-order valence-electron chi connectivity index (χ1n) is 13.6. The van der Waals surface area contributed by atoms with Gasteiger partial charge in [-0.1, -0.05) is 39.3 Å². The minimum absolute atomic E-state index is 0.208. The summed E-state index contributed by atoms with van der Waals surface area (Å²) in [7, 11) is 0. The first kappa shape index (κ1) is 24.0. The van der Waals surface area contributed by atoms with Gasteiger partial charge in [-0.25, -0.2) is 0 Å². The molecule has 0 aromatic carbocycles. The Morgan fingerprint density at radius 2 is 1.73 bits per heavy atom. The monoisotopic (exact) mass is 458 g/mol. The molecule has 0 bridgehead atoms. The number of fused-ring (bicyclic) bond motifs is 5. The van der Waals surface area contributed by atoms with Crippen molar-refractivity contribution in [1.29, 1.82) is 0 Å². The number of carbonyl (C=O) groups is 1. The number of hydrogen-bond acceptors (Lipinski definition) is 4. The molecule has 33 heavy (non-hydrogen) atoms. The fourth-order valence-electron chi connectivity index (χ4n) is 9.73. The molecular formula is C29H46O4. The molecule has 5 aliphatic rings. The van der Waals surface area contributed by atoms with E-state index in [4.69, 9.17) is 4.74 Å². The second-order valence-corrected chi connectivity index (χ2v) is 13.9. The van der Waals surface area contributed by atoms with E-state index in [1.807, 2.05) is 0 Å². The Bertz CT molecular complexity index is 837. The third-order valence-corrected chi connectivity index (χ3v) is 11.5. The van der Waals surface area contributed by atoms with E-state index in [2.05, 4.69) is 33.8 Å². The molecule has 9 unspecified atom stereocenters. The summed E-state index contributed by atoms with van der Waals surface area (Å²) in [6.45, 7) is 13.5. The molecule has 4 fully saturated rings. The average Bonchev–Trinajstić information content (AvgIpc) is 3.07. The van der Waals surface area contributed by atoms with Crippen molar-refractivity contribution >= 4 is 5.78 Å². The third kappa shape index (κ3) is 3.44. The molecule has 1 heterocycles. The van der Waals surface area contributed by atoms with Crippen LogP contribution in [-0.4, -0.2) is 40.4 Å². The largest absolute Gasteiger partial charge is 0.390 e. The van der Waals surface area contributed by atoms with Crippen LogP contribution in [0.1, 0.15) is 92.9 Å². The second-order valence-electron chi connectivity index (χ2n) is 13.9. The molecule has 0 aromatic rings. The summed E-state index contributed by atoms with van der Waals surface area (Å²) in [6.07, 6.45) is 9.98. The Kier molecular flexibility index (Phi) is 5.56. The minimum atomic E-state index is -1.02. The number of rotatable bonds is 2. The number of aliphatic hydroxyl groups excluding tert-OH is 1. The summed E-state index contributed by atoms with van der Waals surface area (Å²) in [5, 5.41) is 21.2. The molecule has 0 radical (unpaired) electrons. The summed E-state index contributed by atoms with van der Waals surface area (Å²) in [5.74, 6) is 3.10. The third-order valence-electron chi connectivity index (χ3n) is 11.5. The molecule has 4 heteroatoms. The normalized spacial score (nSPS) is 49.6. The van der Waals surface area contributed by atoms with Gasteiger partial charge < -0.3 is 14.9 Å². The van der Waals surface area contributed by atoms with E-state index in [1.165, 1.54) is 25.7 Å². The van der Waals surface area contributed by atoms with E-state index < -0.39 is 17.8 Å².